The predicted octanol–water partition coefficient (Wildman–Crippen LogP) is -2.05. The average Bonchev–Trinajstić information content (AvgIpc) is 2.73. The SMILES string of the molecule is Nc1nc2c(c(=O)[nH]1)NCN2CS(=O)C(O)CCO. The predicted molar refractivity (Wildman–Crippen MR) is 71.0 cm³/mol. The molecular formula is C9H15N5O4S. The third-order valence-electron chi connectivity index (χ3n) is 2.63. The fraction of sp³-hybridized carbons (Fsp3) is 0.556. The summed E-state index contributed by atoms with van der Waals surface area (Å²) in [5, 5.41) is 21.0. The van der Waals surface area contributed by atoms with Gasteiger partial charge >= 0.3 is 0 Å². The number of anilines is 3. The van der Waals surface area contributed by atoms with Crippen LogP contribution in [0, 0.1) is 0 Å². The van der Waals surface area contributed by atoms with Crippen LogP contribution in [-0.2, 0) is 10.8 Å². The third kappa shape index (κ3) is 2.85. The molecule has 0 bridgehead atoms. The molecule has 0 spiro atoms. The standard InChI is InChI=1S/C9H15N5O4S/c10-9-12-7-6(8(17)13-9)11-3-14(7)4-19(18)5(16)1-2-15/h5,11,15-16H,1-4H2,(H3,10,12,13,17). The Balaban J connectivity index is 2.15. The fourth-order valence-electron chi connectivity index (χ4n) is 1.70. The molecule has 0 saturated carbocycles. The van der Waals surface area contributed by atoms with Crippen LogP contribution in [0.1, 0.15) is 6.42 Å². The molecule has 0 radical (unpaired) electrons. The summed E-state index contributed by atoms with van der Waals surface area (Å²) in [6, 6.07) is 0. The van der Waals surface area contributed by atoms with E-state index in [4.69, 9.17) is 10.8 Å². The Morgan fingerprint density at radius 1 is 1.58 bits per heavy atom. The van der Waals surface area contributed by atoms with Crippen molar-refractivity contribution in [3.05, 3.63) is 10.4 Å². The lowest BCUT2D eigenvalue weighted by molar-refractivity contribution is 0.194. The highest BCUT2D eigenvalue weighted by Crippen LogP contribution is 2.25. The number of hydrogen-bond acceptors (Lipinski definition) is 8. The number of rotatable bonds is 5. The molecule has 2 unspecified atom stereocenters. The zero-order valence-electron chi connectivity index (χ0n) is 10.00. The van der Waals surface area contributed by atoms with Crippen LogP contribution in [0.2, 0.25) is 0 Å². The summed E-state index contributed by atoms with van der Waals surface area (Å²) in [7, 11) is -1.59. The number of nitrogens with two attached hydrogens (primary N) is 1. The van der Waals surface area contributed by atoms with Crippen LogP contribution in [0.3, 0.4) is 0 Å². The number of H-pyrrole nitrogens is 1. The molecule has 0 amide bonds. The van der Waals surface area contributed by atoms with Gasteiger partial charge in [0.1, 0.15) is 11.1 Å². The normalized spacial score (nSPS) is 16.8. The van der Waals surface area contributed by atoms with Crippen LogP contribution in [0.5, 0.6) is 0 Å². The molecule has 0 aliphatic carbocycles. The van der Waals surface area contributed by atoms with E-state index in [0.717, 1.165) is 0 Å². The number of nitrogens with one attached hydrogen (secondary N) is 2. The lowest BCUT2D eigenvalue weighted by atomic mass is 10.5. The smallest absolute Gasteiger partial charge is 0.277 e. The van der Waals surface area contributed by atoms with Crippen molar-refractivity contribution in [1.29, 1.82) is 0 Å². The van der Waals surface area contributed by atoms with Crippen molar-refractivity contribution in [2.45, 2.75) is 11.9 Å². The van der Waals surface area contributed by atoms with E-state index in [1.54, 1.807) is 4.90 Å². The summed E-state index contributed by atoms with van der Waals surface area (Å²) >= 11 is 0. The first-order valence-electron chi connectivity index (χ1n) is 5.57. The first-order chi connectivity index (χ1) is 9.02. The molecule has 1 aromatic heterocycles. The van der Waals surface area contributed by atoms with Crippen LogP contribution in [0.15, 0.2) is 4.79 Å². The molecule has 2 atom stereocenters. The van der Waals surface area contributed by atoms with Gasteiger partial charge in [-0.3, -0.25) is 14.0 Å². The number of aliphatic hydroxyl groups is 2. The Hall–Kier alpha value is -1.65. The summed E-state index contributed by atoms with van der Waals surface area (Å²) < 4.78 is 11.8. The van der Waals surface area contributed by atoms with E-state index in [-0.39, 0.29) is 37.2 Å². The molecule has 9 nitrogen and oxygen atoms in total. The highest BCUT2D eigenvalue weighted by molar-refractivity contribution is 7.85. The molecular weight excluding hydrogens is 274 g/mol. The highest BCUT2D eigenvalue weighted by atomic mass is 32.2. The van der Waals surface area contributed by atoms with Gasteiger partial charge in [0.05, 0.1) is 23.3 Å². The maximum Gasteiger partial charge on any atom is 0.277 e. The van der Waals surface area contributed by atoms with E-state index >= 15 is 0 Å². The van der Waals surface area contributed by atoms with Crippen molar-refractivity contribution in [3.8, 4) is 0 Å². The third-order valence-corrected chi connectivity index (χ3v) is 4.04. The van der Waals surface area contributed by atoms with Crippen LogP contribution in [0.4, 0.5) is 17.5 Å². The van der Waals surface area contributed by atoms with Gasteiger partial charge in [-0.25, -0.2) is 0 Å². The summed E-state index contributed by atoms with van der Waals surface area (Å²) in [6.07, 6.45) is 0.0334. The summed E-state index contributed by atoms with van der Waals surface area (Å²) in [5.74, 6) is 0.279. The van der Waals surface area contributed by atoms with E-state index in [1.165, 1.54) is 0 Å². The van der Waals surface area contributed by atoms with Crippen molar-refractivity contribution in [3.63, 3.8) is 0 Å². The van der Waals surface area contributed by atoms with Gasteiger partial charge in [0.2, 0.25) is 5.95 Å². The Morgan fingerprint density at radius 3 is 3.00 bits per heavy atom. The fourth-order valence-corrected chi connectivity index (χ4v) is 2.77. The van der Waals surface area contributed by atoms with Crippen molar-refractivity contribution in [2.24, 2.45) is 0 Å². The lowest BCUT2D eigenvalue weighted by Gasteiger charge is -2.18. The molecule has 10 heteroatoms. The van der Waals surface area contributed by atoms with Crippen molar-refractivity contribution in [2.75, 3.05) is 35.1 Å². The number of hydrogen-bond donors (Lipinski definition) is 5. The zero-order chi connectivity index (χ0) is 14.0. The molecule has 1 aliphatic rings. The number of nitrogens with zero attached hydrogens (tertiary/aromatic N) is 2. The topological polar surface area (TPSA) is 145 Å². The number of aliphatic hydroxyl groups excluding tert-OH is 2. The van der Waals surface area contributed by atoms with E-state index in [1.807, 2.05) is 0 Å². The quantitative estimate of drug-likeness (QED) is 0.416. The van der Waals surface area contributed by atoms with Gasteiger partial charge < -0.3 is 26.2 Å². The van der Waals surface area contributed by atoms with Crippen LogP contribution in [-0.4, -0.2) is 49.0 Å². The minimum Gasteiger partial charge on any atom is -0.396 e. The lowest BCUT2D eigenvalue weighted by Crippen LogP contribution is -2.32. The monoisotopic (exact) mass is 289 g/mol. The van der Waals surface area contributed by atoms with Gasteiger partial charge in [-0.05, 0) is 0 Å². The number of nitrogen functional groups attached to an aromatic ring is 1. The molecule has 1 aliphatic heterocycles. The van der Waals surface area contributed by atoms with Gasteiger partial charge in [-0.15, -0.1) is 0 Å². The Bertz CT molecular complexity index is 548. The van der Waals surface area contributed by atoms with Gasteiger partial charge in [-0.1, -0.05) is 0 Å². The summed E-state index contributed by atoms with van der Waals surface area (Å²) in [6.45, 7) is 0.0130. The van der Waals surface area contributed by atoms with E-state index < -0.39 is 21.8 Å². The van der Waals surface area contributed by atoms with Crippen LogP contribution < -0.4 is 21.5 Å². The molecule has 6 N–H and O–H groups in total. The minimum atomic E-state index is -1.59. The molecule has 19 heavy (non-hydrogen) atoms. The van der Waals surface area contributed by atoms with Gasteiger partial charge in [0.25, 0.3) is 5.56 Å². The second-order valence-corrected chi connectivity index (χ2v) is 5.57. The maximum atomic E-state index is 11.8. The van der Waals surface area contributed by atoms with Crippen LogP contribution in [0.25, 0.3) is 0 Å². The van der Waals surface area contributed by atoms with Gasteiger partial charge in [0.15, 0.2) is 5.82 Å². The highest BCUT2D eigenvalue weighted by Gasteiger charge is 2.26. The number of aromatic amines is 1. The van der Waals surface area contributed by atoms with Crippen LogP contribution >= 0.6 is 0 Å². The largest absolute Gasteiger partial charge is 0.396 e. The Morgan fingerprint density at radius 2 is 2.32 bits per heavy atom. The van der Waals surface area contributed by atoms with Gasteiger partial charge in [0, 0.05) is 13.0 Å². The molecule has 2 heterocycles. The minimum absolute atomic E-state index is 0.00292. The summed E-state index contributed by atoms with van der Waals surface area (Å²) in [4.78, 5) is 19.5. The first kappa shape index (κ1) is 13.8. The molecule has 1 aromatic rings. The maximum absolute atomic E-state index is 11.8. The summed E-state index contributed by atoms with van der Waals surface area (Å²) in [5.41, 5.74) is 4.21. The average molecular weight is 289 g/mol. The second-order valence-electron chi connectivity index (χ2n) is 4.00. The number of aromatic nitrogens is 2. The van der Waals surface area contributed by atoms with Crippen molar-refractivity contribution >= 4 is 28.3 Å². The number of fused-ring (bicyclic) bond motifs is 1. The zero-order valence-corrected chi connectivity index (χ0v) is 10.8. The van der Waals surface area contributed by atoms with Gasteiger partial charge in [-0.2, -0.15) is 4.98 Å². The van der Waals surface area contributed by atoms with Crippen molar-refractivity contribution < 1.29 is 14.4 Å². The Kier molecular flexibility index (Phi) is 4.02. The van der Waals surface area contributed by atoms with E-state index in [0.29, 0.717) is 5.82 Å². The van der Waals surface area contributed by atoms with E-state index in [9.17, 15) is 14.1 Å². The molecule has 0 saturated heterocycles. The molecule has 0 aromatic carbocycles. The molecule has 0 fully saturated rings. The van der Waals surface area contributed by atoms with E-state index in [2.05, 4.69) is 15.3 Å². The first-order valence-corrected chi connectivity index (χ1v) is 6.96. The molecule has 2 rings (SSSR count). The second kappa shape index (κ2) is 5.55. The Labute approximate surface area is 110 Å². The van der Waals surface area contributed by atoms with Crippen molar-refractivity contribution in [1.82, 2.24) is 9.97 Å². The molecule has 106 valence electrons.